The van der Waals surface area contributed by atoms with E-state index in [0.29, 0.717) is 16.4 Å². The van der Waals surface area contributed by atoms with Gasteiger partial charge in [0.2, 0.25) is 11.8 Å². The lowest BCUT2D eigenvalue weighted by Crippen LogP contribution is -2.23. The van der Waals surface area contributed by atoms with Crippen LogP contribution in [0.4, 0.5) is 5.69 Å². The summed E-state index contributed by atoms with van der Waals surface area (Å²) >= 11 is 5.90. The van der Waals surface area contributed by atoms with Crippen molar-refractivity contribution < 1.29 is 14.3 Å². The van der Waals surface area contributed by atoms with Gasteiger partial charge in [-0.05, 0) is 55.3 Å². The first-order valence-corrected chi connectivity index (χ1v) is 8.76. The number of hydrazone groups is 1. The van der Waals surface area contributed by atoms with E-state index in [4.69, 9.17) is 16.3 Å². The predicted octanol–water partition coefficient (Wildman–Crippen LogP) is 3.72. The summed E-state index contributed by atoms with van der Waals surface area (Å²) in [5.74, 6) is 0.259. The average molecular weight is 388 g/mol. The van der Waals surface area contributed by atoms with Gasteiger partial charge >= 0.3 is 0 Å². The van der Waals surface area contributed by atoms with Gasteiger partial charge in [0, 0.05) is 16.4 Å². The number of ether oxygens (including phenoxy) is 1. The third-order valence-electron chi connectivity index (χ3n) is 3.77. The average Bonchev–Trinajstić information content (AvgIpc) is 2.63. The Hall–Kier alpha value is -2.86. The number of nitrogens with one attached hydrogen (secondary N) is 2. The molecular formula is C20H22ClN3O3. The number of nitrogens with zero attached hydrogens (tertiary/aromatic N) is 1. The van der Waals surface area contributed by atoms with Crippen molar-refractivity contribution in [3.63, 3.8) is 0 Å². The van der Waals surface area contributed by atoms with Crippen LogP contribution in [0.1, 0.15) is 24.5 Å². The smallest absolute Gasteiger partial charge is 0.244 e. The highest BCUT2D eigenvalue weighted by Gasteiger charge is 2.08. The van der Waals surface area contributed by atoms with Crippen LogP contribution in [0, 0.1) is 6.92 Å². The summed E-state index contributed by atoms with van der Waals surface area (Å²) in [7, 11) is 1.59. The van der Waals surface area contributed by atoms with Crippen molar-refractivity contribution >= 4 is 34.8 Å². The zero-order valence-corrected chi connectivity index (χ0v) is 16.3. The van der Waals surface area contributed by atoms with Crippen molar-refractivity contribution in [2.75, 3.05) is 12.4 Å². The van der Waals surface area contributed by atoms with Crippen LogP contribution in [0.3, 0.4) is 0 Å². The molecule has 0 aliphatic carbocycles. The van der Waals surface area contributed by atoms with Crippen molar-refractivity contribution in [1.82, 2.24) is 5.43 Å². The van der Waals surface area contributed by atoms with Crippen LogP contribution in [0.5, 0.6) is 5.75 Å². The van der Waals surface area contributed by atoms with Gasteiger partial charge in [-0.1, -0.05) is 23.7 Å². The Morgan fingerprint density at radius 3 is 2.44 bits per heavy atom. The van der Waals surface area contributed by atoms with Crippen molar-refractivity contribution in [2.24, 2.45) is 5.10 Å². The van der Waals surface area contributed by atoms with Gasteiger partial charge < -0.3 is 10.1 Å². The van der Waals surface area contributed by atoms with E-state index >= 15 is 0 Å². The van der Waals surface area contributed by atoms with Crippen LogP contribution >= 0.6 is 11.6 Å². The number of anilines is 1. The number of carbonyl (C=O) groups is 2. The Bertz CT molecular complexity index is 848. The molecule has 0 spiro atoms. The number of hydrogen-bond donors (Lipinski definition) is 2. The van der Waals surface area contributed by atoms with E-state index in [9.17, 15) is 9.59 Å². The molecule has 2 N–H and O–H groups in total. The standard InChI is InChI=1S/C20H22ClN3O3/c1-13-10-16(21)6-9-18(13)22-19(25)11-14(2)23-24-20(26)12-15-4-7-17(27-3)8-5-15/h4-10H,11-12H2,1-3H3,(H,22,25)(H,24,26). The molecule has 2 aromatic carbocycles. The molecule has 7 heteroatoms. The third kappa shape index (κ3) is 6.75. The second kappa shape index (κ2) is 9.73. The van der Waals surface area contributed by atoms with Gasteiger partial charge in [-0.3, -0.25) is 9.59 Å². The molecule has 142 valence electrons. The van der Waals surface area contributed by atoms with Crippen LogP contribution in [0.15, 0.2) is 47.6 Å². The Morgan fingerprint density at radius 2 is 1.81 bits per heavy atom. The highest BCUT2D eigenvalue weighted by Crippen LogP contribution is 2.19. The van der Waals surface area contributed by atoms with E-state index in [1.54, 1.807) is 44.4 Å². The number of carbonyl (C=O) groups excluding carboxylic acids is 2. The fourth-order valence-corrected chi connectivity index (χ4v) is 2.59. The second-order valence-electron chi connectivity index (χ2n) is 6.09. The molecule has 0 fully saturated rings. The molecule has 0 aliphatic heterocycles. The second-order valence-corrected chi connectivity index (χ2v) is 6.53. The molecule has 27 heavy (non-hydrogen) atoms. The minimum absolute atomic E-state index is 0.0743. The van der Waals surface area contributed by atoms with Gasteiger partial charge in [-0.25, -0.2) is 5.43 Å². The van der Waals surface area contributed by atoms with Crippen molar-refractivity contribution in [3.8, 4) is 5.75 Å². The number of hydrogen-bond acceptors (Lipinski definition) is 4. The molecule has 0 aromatic heterocycles. The van der Waals surface area contributed by atoms with Gasteiger partial charge in [0.25, 0.3) is 0 Å². The van der Waals surface area contributed by atoms with E-state index in [-0.39, 0.29) is 24.7 Å². The summed E-state index contributed by atoms with van der Waals surface area (Å²) in [5, 5.41) is 7.40. The van der Waals surface area contributed by atoms with Crippen LogP contribution in [-0.2, 0) is 16.0 Å². The highest BCUT2D eigenvalue weighted by molar-refractivity contribution is 6.30. The first kappa shape index (κ1) is 20.5. The summed E-state index contributed by atoms with van der Waals surface area (Å²) in [5.41, 5.74) is 5.38. The highest BCUT2D eigenvalue weighted by atomic mass is 35.5. The quantitative estimate of drug-likeness (QED) is 0.561. The van der Waals surface area contributed by atoms with Crippen LogP contribution in [0.2, 0.25) is 5.02 Å². The number of rotatable bonds is 7. The maximum Gasteiger partial charge on any atom is 0.244 e. The monoisotopic (exact) mass is 387 g/mol. The minimum atomic E-state index is -0.256. The molecule has 0 radical (unpaired) electrons. The summed E-state index contributed by atoms with van der Waals surface area (Å²) in [6.45, 7) is 3.55. The van der Waals surface area contributed by atoms with E-state index in [2.05, 4.69) is 15.8 Å². The number of methoxy groups -OCH3 is 1. The molecule has 2 aromatic rings. The van der Waals surface area contributed by atoms with E-state index in [1.165, 1.54) is 0 Å². The summed E-state index contributed by atoms with van der Waals surface area (Å²) in [6, 6.07) is 12.5. The van der Waals surface area contributed by atoms with Crippen LogP contribution in [0.25, 0.3) is 0 Å². The van der Waals surface area contributed by atoms with Gasteiger partial charge in [0.1, 0.15) is 5.75 Å². The lowest BCUT2D eigenvalue weighted by molar-refractivity contribution is -0.120. The predicted molar refractivity (Wildman–Crippen MR) is 107 cm³/mol. The Kier molecular flexibility index (Phi) is 7.37. The van der Waals surface area contributed by atoms with Crippen LogP contribution in [-0.4, -0.2) is 24.6 Å². The Morgan fingerprint density at radius 1 is 1.11 bits per heavy atom. The molecule has 6 nitrogen and oxygen atoms in total. The number of halogens is 1. The first-order valence-electron chi connectivity index (χ1n) is 8.38. The summed E-state index contributed by atoms with van der Waals surface area (Å²) in [6.07, 6.45) is 0.266. The zero-order valence-electron chi connectivity index (χ0n) is 15.5. The van der Waals surface area contributed by atoms with E-state index in [0.717, 1.165) is 16.9 Å². The lowest BCUT2D eigenvalue weighted by atomic mass is 10.1. The first-order chi connectivity index (χ1) is 12.9. The summed E-state index contributed by atoms with van der Waals surface area (Å²) in [4.78, 5) is 24.1. The lowest BCUT2D eigenvalue weighted by Gasteiger charge is -2.09. The Labute approximate surface area is 163 Å². The molecular weight excluding hydrogens is 366 g/mol. The maximum atomic E-state index is 12.1. The van der Waals surface area contributed by atoms with Gasteiger partial charge in [-0.15, -0.1) is 0 Å². The molecule has 0 saturated carbocycles. The minimum Gasteiger partial charge on any atom is -0.497 e. The molecule has 2 rings (SSSR count). The maximum absolute atomic E-state index is 12.1. The molecule has 0 atom stereocenters. The zero-order chi connectivity index (χ0) is 19.8. The molecule has 0 saturated heterocycles. The Balaban J connectivity index is 1.83. The summed E-state index contributed by atoms with van der Waals surface area (Å²) < 4.78 is 5.08. The fraction of sp³-hybridized carbons (Fsp3) is 0.250. The molecule has 0 heterocycles. The molecule has 2 amide bonds. The van der Waals surface area contributed by atoms with Crippen molar-refractivity contribution in [1.29, 1.82) is 0 Å². The van der Waals surface area contributed by atoms with E-state index in [1.807, 2.05) is 19.1 Å². The van der Waals surface area contributed by atoms with Crippen molar-refractivity contribution in [2.45, 2.75) is 26.7 Å². The van der Waals surface area contributed by atoms with Crippen LogP contribution < -0.4 is 15.5 Å². The van der Waals surface area contributed by atoms with E-state index < -0.39 is 0 Å². The molecule has 0 aliphatic rings. The van der Waals surface area contributed by atoms with Gasteiger partial charge in [0.15, 0.2) is 0 Å². The third-order valence-corrected chi connectivity index (χ3v) is 4.01. The normalized spacial score (nSPS) is 11.0. The number of amides is 2. The van der Waals surface area contributed by atoms with Gasteiger partial charge in [-0.2, -0.15) is 5.10 Å². The fourth-order valence-electron chi connectivity index (χ4n) is 2.36. The largest absolute Gasteiger partial charge is 0.497 e. The van der Waals surface area contributed by atoms with Crippen molar-refractivity contribution in [3.05, 3.63) is 58.6 Å². The number of benzene rings is 2. The van der Waals surface area contributed by atoms with Gasteiger partial charge in [0.05, 0.1) is 20.0 Å². The topological polar surface area (TPSA) is 79.8 Å². The molecule has 0 unspecified atom stereocenters. The number of aryl methyl sites for hydroxylation is 1. The SMILES string of the molecule is COc1ccc(CC(=O)NN=C(C)CC(=O)Nc2ccc(Cl)cc2C)cc1. The molecule has 0 bridgehead atoms.